The van der Waals surface area contributed by atoms with Crippen LogP contribution in [0.1, 0.15) is 12.5 Å². The number of carbonyl (C=O) groups is 1. The molecule has 0 aliphatic rings. The monoisotopic (exact) mass is 343 g/mol. The summed E-state index contributed by atoms with van der Waals surface area (Å²) < 4.78 is 11.0. The van der Waals surface area contributed by atoms with Crippen molar-refractivity contribution in [2.45, 2.75) is 13.8 Å². The number of fused-ring (bicyclic) bond motifs is 1. The van der Waals surface area contributed by atoms with Crippen LogP contribution in [0.3, 0.4) is 0 Å². The predicted molar refractivity (Wildman–Crippen MR) is 94.7 cm³/mol. The lowest BCUT2D eigenvalue weighted by Crippen LogP contribution is -2.06. The van der Waals surface area contributed by atoms with Crippen LogP contribution in [-0.2, 0) is 9.53 Å². The summed E-state index contributed by atoms with van der Waals surface area (Å²) >= 11 is 0. The molecule has 7 heteroatoms. The van der Waals surface area contributed by atoms with Gasteiger partial charge in [0.15, 0.2) is 0 Å². The van der Waals surface area contributed by atoms with E-state index < -0.39 is 0 Å². The molecule has 0 aliphatic carbocycles. The lowest BCUT2D eigenvalue weighted by molar-refractivity contribution is -0.122. The second kappa shape index (κ2) is 9.39. The molecule has 3 aromatic rings. The first-order valence-corrected chi connectivity index (χ1v) is 7.89. The maximum Gasteiger partial charge on any atom is 0.290 e. The summed E-state index contributed by atoms with van der Waals surface area (Å²) in [5, 5.41) is 14.9. The van der Waals surface area contributed by atoms with Gasteiger partial charge in [0.2, 0.25) is 0 Å². The Labute approximate surface area is 145 Å². The number of aromatic amines is 1. The van der Waals surface area contributed by atoms with Gasteiger partial charge in [-0.3, -0.25) is 9.89 Å². The topological polar surface area (TPSA) is 97.3 Å². The van der Waals surface area contributed by atoms with E-state index in [1.54, 1.807) is 6.20 Å². The van der Waals surface area contributed by atoms with E-state index in [2.05, 4.69) is 28.2 Å². The van der Waals surface area contributed by atoms with Crippen LogP contribution in [0.4, 0.5) is 0 Å². The fourth-order valence-electron chi connectivity index (χ4n) is 2.36. The fourth-order valence-corrected chi connectivity index (χ4v) is 2.36. The first-order chi connectivity index (χ1) is 12.2. The van der Waals surface area contributed by atoms with Crippen molar-refractivity contribution in [3.8, 4) is 17.1 Å². The molecule has 0 radical (unpaired) electrons. The lowest BCUT2D eigenvalue weighted by atomic mass is 10.1. The molecule has 0 amide bonds. The molecule has 0 fully saturated rings. The average Bonchev–Trinajstić information content (AvgIpc) is 3.14. The van der Waals surface area contributed by atoms with Crippen molar-refractivity contribution < 1.29 is 19.4 Å². The molecule has 1 aromatic carbocycles. The number of H-pyrrole nitrogens is 1. The van der Waals surface area contributed by atoms with Crippen molar-refractivity contribution in [1.82, 2.24) is 15.2 Å². The number of nitrogens with zero attached hydrogens (tertiary/aromatic N) is 2. The van der Waals surface area contributed by atoms with Gasteiger partial charge in [-0.15, -0.1) is 0 Å². The highest BCUT2D eigenvalue weighted by atomic mass is 16.5. The van der Waals surface area contributed by atoms with Gasteiger partial charge in [-0.2, -0.15) is 5.10 Å². The molecular formula is C18H21N3O4. The Hall–Kier alpha value is -2.93. The Kier molecular flexibility index (Phi) is 6.91. The third-order valence-electron chi connectivity index (χ3n) is 3.46. The van der Waals surface area contributed by atoms with Crippen molar-refractivity contribution in [2.24, 2.45) is 0 Å². The first-order valence-electron chi connectivity index (χ1n) is 7.89. The van der Waals surface area contributed by atoms with Gasteiger partial charge in [0.25, 0.3) is 6.47 Å². The summed E-state index contributed by atoms with van der Waals surface area (Å²) in [6, 6.07) is 9.93. The van der Waals surface area contributed by atoms with Crippen molar-refractivity contribution in [3.63, 3.8) is 0 Å². The standard InChI is InChI=1S/C17H19N3O2.CH2O2/c1-3-21-8-9-22-13-4-5-15-14(11-13)12(2)10-17(19-15)16-6-7-18-20-16;2-1-3/h4-7,10-11H,3,8-9H2,1-2H3,(H,18,20);1H,(H,2,3). The molecule has 7 nitrogen and oxygen atoms in total. The number of nitrogens with one attached hydrogen (secondary N) is 1. The maximum absolute atomic E-state index is 8.36. The summed E-state index contributed by atoms with van der Waals surface area (Å²) in [6.07, 6.45) is 1.73. The van der Waals surface area contributed by atoms with E-state index in [0.717, 1.165) is 33.6 Å². The van der Waals surface area contributed by atoms with E-state index in [1.165, 1.54) is 0 Å². The first kappa shape index (κ1) is 18.4. The van der Waals surface area contributed by atoms with Gasteiger partial charge in [-0.05, 0) is 49.7 Å². The third kappa shape index (κ3) is 5.02. The predicted octanol–water partition coefficient (Wildman–Crippen LogP) is 3.05. The smallest absolute Gasteiger partial charge is 0.290 e. The Morgan fingerprint density at radius 2 is 2.04 bits per heavy atom. The Morgan fingerprint density at radius 3 is 2.72 bits per heavy atom. The normalized spacial score (nSPS) is 10.2. The molecule has 3 rings (SSSR count). The highest BCUT2D eigenvalue weighted by Gasteiger charge is 2.07. The molecule has 0 spiro atoms. The highest BCUT2D eigenvalue weighted by Crippen LogP contribution is 2.26. The molecule has 0 saturated carbocycles. The van der Waals surface area contributed by atoms with Crippen LogP contribution in [0.5, 0.6) is 5.75 Å². The van der Waals surface area contributed by atoms with Crippen molar-refractivity contribution in [1.29, 1.82) is 0 Å². The summed E-state index contributed by atoms with van der Waals surface area (Å²) in [5.41, 5.74) is 3.92. The maximum atomic E-state index is 8.36. The van der Waals surface area contributed by atoms with E-state index in [1.807, 2.05) is 31.2 Å². The second-order valence-corrected chi connectivity index (χ2v) is 5.12. The third-order valence-corrected chi connectivity index (χ3v) is 3.46. The number of hydrogen-bond donors (Lipinski definition) is 2. The molecule has 0 unspecified atom stereocenters. The Morgan fingerprint density at radius 1 is 1.24 bits per heavy atom. The highest BCUT2D eigenvalue weighted by molar-refractivity contribution is 5.85. The number of aromatic nitrogens is 3. The summed E-state index contributed by atoms with van der Waals surface area (Å²) in [7, 11) is 0. The Balaban J connectivity index is 0.000000701. The van der Waals surface area contributed by atoms with E-state index in [0.29, 0.717) is 19.8 Å². The minimum Gasteiger partial charge on any atom is -0.491 e. The minimum absolute atomic E-state index is 0.250. The molecule has 2 aromatic heterocycles. The molecule has 0 bridgehead atoms. The molecule has 0 aliphatic heterocycles. The zero-order valence-corrected chi connectivity index (χ0v) is 14.2. The Bertz CT molecular complexity index is 803. The fraction of sp³-hybridized carbons (Fsp3) is 0.278. The number of hydrogen-bond acceptors (Lipinski definition) is 5. The number of benzene rings is 1. The van der Waals surface area contributed by atoms with Crippen LogP contribution in [-0.4, -0.2) is 46.6 Å². The van der Waals surface area contributed by atoms with Crippen molar-refractivity contribution >= 4 is 17.4 Å². The van der Waals surface area contributed by atoms with Gasteiger partial charge in [0, 0.05) is 18.2 Å². The number of rotatable bonds is 6. The van der Waals surface area contributed by atoms with Crippen LogP contribution in [0.15, 0.2) is 36.5 Å². The zero-order valence-electron chi connectivity index (χ0n) is 14.2. The van der Waals surface area contributed by atoms with Crippen LogP contribution in [0.2, 0.25) is 0 Å². The minimum atomic E-state index is -0.250. The quantitative estimate of drug-likeness (QED) is 0.527. The summed E-state index contributed by atoms with van der Waals surface area (Å²) in [4.78, 5) is 13.0. The van der Waals surface area contributed by atoms with E-state index >= 15 is 0 Å². The van der Waals surface area contributed by atoms with Gasteiger partial charge in [-0.25, -0.2) is 4.98 Å². The van der Waals surface area contributed by atoms with Gasteiger partial charge in [0.1, 0.15) is 12.4 Å². The number of ether oxygens (including phenoxy) is 2. The molecule has 2 N–H and O–H groups in total. The van der Waals surface area contributed by atoms with E-state index in [9.17, 15) is 0 Å². The summed E-state index contributed by atoms with van der Waals surface area (Å²) in [6.45, 7) is 5.67. The molecule has 132 valence electrons. The average molecular weight is 343 g/mol. The van der Waals surface area contributed by atoms with Gasteiger partial charge < -0.3 is 14.6 Å². The van der Waals surface area contributed by atoms with Crippen molar-refractivity contribution in [2.75, 3.05) is 19.8 Å². The summed E-state index contributed by atoms with van der Waals surface area (Å²) in [5.74, 6) is 0.839. The SMILES string of the molecule is CCOCCOc1ccc2nc(-c3ccn[nH]3)cc(C)c2c1.O=CO. The molecule has 2 heterocycles. The second-order valence-electron chi connectivity index (χ2n) is 5.12. The van der Waals surface area contributed by atoms with Crippen LogP contribution in [0, 0.1) is 6.92 Å². The van der Waals surface area contributed by atoms with Crippen LogP contribution >= 0.6 is 0 Å². The molecule has 25 heavy (non-hydrogen) atoms. The van der Waals surface area contributed by atoms with Gasteiger partial charge >= 0.3 is 0 Å². The van der Waals surface area contributed by atoms with E-state index in [-0.39, 0.29) is 6.47 Å². The number of pyridine rings is 1. The molecule has 0 saturated heterocycles. The number of carboxylic acid groups (broad SMARTS) is 1. The largest absolute Gasteiger partial charge is 0.491 e. The van der Waals surface area contributed by atoms with E-state index in [4.69, 9.17) is 19.4 Å². The van der Waals surface area contributed by atoms with Crippen LogP contribution < -0.4 is 4.74 Å². The zero-order chi connectivity index (χ0) is 18.1. The molecular weight excluding hydrogens is 322 g/mol. The van der Waals surface area contributed by atoms with Gasteiger partial charge in [0.05, 0.1) is 23.5 Å². The van der Waals surface area contributed by atoms with Gasteiger partial charge in [-0.1, -0.05) is 0 Å². The van der Waals surface area contributed by atoms with Crippen LogP contribution in [0.25, 0.3) is 22.3 Å². The van der Waals surface area contributed by atoms with Crippen molar-refractivity contribution in [3.05, 3.63) is 42.1 Å². The number of aryl methyl sites for hydroxylation is 1. The lowest BCUT2D eigenvalue weighted by Gasteiger charge is -2.09. The molecule has 0 atom stereocenters.